The average molecular weight is 291 g/mol. The van der Waals surface area contributed by atoms with Crippen molar-refractivity contribution in [3.8, 4) is 0 Å². The second-order valence-corrected chi connectivity index (χ2v) is 5.84. The van der Waals surface area contributed by atoms with E-state index in [4.69, 9.17) is 5.73 Å². The smallest absolute Gasteiger partial charge is 0.243 e. The third-order valence-corrected chi connectivity index (χ3v) is 3.13. The molecule has 1 aromatic carbocycles. The molecular weight excluding hydrogens is 266 g/mol. The summed E-state index contributed by atoms with van der Waals surface area (Å²) in [7, 11) is 1.59. The number of rotatable bonds is 6. The van der Waals surface area contributed by atoms with Gasteiger partial charge in [0.25, 0.3) is 0 Å². The number of likely N-dealkylation sites (N-methyl/N-ethyl adjacent to an activating group) is 1. The lowest BCUT2D eigenvalue weighted by Gasteiger charge is -2.21. The minimum atomic E-state index is -0.554. The number of anilines is 1. The zero-order valence-corrected chi connectivity index (χ0v) is 13.2. The molecule has 1 rings (SSSR count). The molecule has 0 bridgehead atoms. The SMILES string of the molecule is Cc1ccc(NC(=O)CN(C)C(=O)[C@@H](N)CC(C)C)cc1. The molecular formula is C16H25N3O2. The summed E-state index contributed by atoms with van der Waals surface area (Å²) in [5, 5.41) is 2.76. The quantitative estimate of drug-likeness (QED) is 0.838. The van der Waals surface area contributed by atoms with Crippen molar-refractivity contribution >= 4 is 17.5 Å². The minimum Gasteiger partial charge on any atom is -0.335 e. The molecule has 21 heavy (non-hydrogen) atoms. The molecule has 1 aromatic rings. The van der Waals surface area contributed by atoms with E-state index in [2.05, 4.69) is 5.32 Å². The van der Waals surface area contributed by atoms with Gasteiger partial charge in [0.05, 0.1) is 12.6 Å². The Morgan fingerprint density at radius 3 is 2.33 bits per heavy atom. The van der Waals surface area contributed by atoms with Crippen molar-refractivity contribution in [2.45, 2.75) is 33.2 Å². The van der Waals surface area contributed by atoms with E-state index in [0.29, 0.717) is 12.3 Å². The van der Waals surface area contributed by atoms with E-state index in [-0.39, 0.29) is 18.4 Å². The van der Waals surface area contributed by atoms with Crippen LogP contribution in [0, 0.1) is 12.8 Å². The first-order valence-corrected chi connectivity index (χ1v) is 7.16. The number of carbonyl (C=O) groups excluding carboxylic acids is 2. The van der Waals surface area contributed by atoms with Gasteiger partial charge in [0.15, 0.2) is 0 Å². The number of hydrogen-bond donors (Lipinski definition) is 2. The molecule has 0 heterocycles. The van der Waals surface area contributed by atoms with Crippen LogP contribution in [-0.2, 0) is 9.59 Å². The molecule has 1 atom stereocenters. The Kier molecular flexibility index (Phi) is 6.37. The van der Waals surface area contributed by atoms with Gasteiger partial charge in [-0.05, 0) is 31.4 Å². The van der Waals surface area contributed by atoms with Crippen LogP contribution in [0.4, 0.5) is 5.69 Å². The first-order chi connectivity index (χ1) is 9.79. The molecule has 2 amide bonds. The molecule has 5 nitrogen and oxygen atoms in total. The van der Waals surface area contributed by atoms with Crippen LogP contribution in [0.1, 0.15) is 25.8 Å². The average Bonchev–Trinajstić information content (AvgIpc) is 2.39. The van der Waals surface area contributed by atoms with Crippen molar-refractivity contribution in [3.63, 3.8) is 0 Å². The number of carbonyl (C=O) groups is 2. The monoisotopic (exact) mass is 291 g/mol. The first-order valence-electron chi connectivity index (χ1n) is 7.16. The van der Waals surface area contributed by atoms with Gasteiger partial charge >= 0.3 is 0 Å². The molecule has 0 unspecified atom stereocenters. The van der Waals surface area contributed by atoms with Crippen molar-refractivity contribution in [2.75, 3.05) is 18.9 Å². The second kappa shape index (κ2) is 7.78. The maximum Gasteiger partial charge on any atom is 0.243 e. The summed E-state index contributed by atoms with van der Waals surface area (Å²) in [6.45, 7) is 6.00. The molecule has 0 aliphatic carbocycles. The van der Waals surface area contributed by atoms with Crippen molar-refractivity contribution in [1.82, 2.24) is 4.90 Å². The molecule has 0 saturated carbocycles. The minimum absolute atomic E-state index is 0.00148. The van der Waals surface area contributed by atoms with Crippen molar-refractivity contribution < 1.29 is 9.59 Å². The number of nitrogens with zero attached hydrogens (tertiary/aromatic N) is 1. The van der Waals surface area contributed by atoms with Gasteiger partial charge in [0.2, 0.25) is 11.8 Å². The summed E-state index contributed by atoms with van der Waals surface area (Å²) < 4.78 is 0. The lowest BCUT2D eigenvalue weighted by molar-refractivity contribution is -0.134. The Hall–Kier alpha value is -1.88. The third-order valence-electron chi connectivity index (χ3n) is 3.13. The molecule has 3 N–H and O–H groups in total. The first kappa shape index (κ1) is 17.2. The largest absolute Gasteiger partial charge is 0.335 e. The molecule has 0 aliphatic rings. The Morgan fingerprint density at radius 2 is 1.81 bits per heavy atom. The Labute approximate surface area is 126 Å². The maximum absolute atomic E-state index is 12.0. The number of benzene rings is 1. The Morgan fingerprint density at radius 1 is 1.24 bits per heavy atom. The maximum atomic E-state index is 12.0. The molecule has 0 aromatic heterocycles. The number of nitrogens with two attached hydrogens (primary N) is 1. The van der Waals surface area contributed by atoms with E-state index in [1.54, 1.807) is 7.05 Å². The van der Waals surface area contributed by atoms with Crippen LogP contribution in [0.5, 0.6) is 0 Å². The Bertz CT molecular complexity index is 483. The zero-order valence-electron chi connectivity index (χ0n) is 13.2. The third kappa shape index (κ3) is 5.95. The summed E-state index contributed by atoms with van der Waals surface area (Å²) in [4.78, 5) is 25.3. The van der Waals surface area contributed by atoms with Crippen molar-refractivity contribution in [2.24, 2.45) is 11.7 Å². The summed E-state index contributed by atoms with van der Waals surface area (Å²) in [6, 6.07) is 6.95. The van der Waals surface area contributed by atoms with Crippen molar-refractivity contribution in [3.05, 3.63) is 29.8 Å². The lowest BCUT2D eigenvalue weighted by Crippen LogP contribution is -2.45. The number of hydrogen-bond acceptors (Lipinski definition) is 3. The van der Waals surface area contributed by atoms with Gasteiger partial charge in [-0.1, -0.05) is 31.5 Å². The number of aryl methyl sites for hydroxylation is 1. The van der Waals surface area contributed by atoms with E-state index in [9.17, 15) is 9.59 Å². The summed E-state index contributed by atoms with van der Waals surface area (Å²) in [6.07, 6.45) is 0.614. The van der Waals surface area contributed by atoms with Gasteiger partial charge in [-0.3, -0.25) is 9.59 Å². The molecule has 116 valence electrons. The summed E-state index contributed by atoms with van der Waals surface area (Å²) in [5.74, 6) is -0.0899. The summed E-state index contributed by atoms with van der Waals surface area (Å²) >= 11 is 0. The highest BCUT2D eigenvalue weighted by molar-refractivity contribution is 5.95. The van der Waals surface area contributed by atoms with Crippen LogP contribution in [0.15, 0.2) is 24.3 Å². The lowest BCUT2D eigenvalue weighted by atomic mass is 10.0. The molecule has 0 fully saturated rings. The van der Waals surface area contributed by atoms with E-state index in [1.165, 1.54) is 4.90 Å². The molecule has 0 spiro atoms. The fourth-order valence-corrected chi connectivity index (χ4v) is 2.02. The van der Waals surface area contributed by atoms with Crippen LogP contribution in [-0.4, -0.2) is 36.3 Å². The Balaban J connectivity index is 2.49. The van der Waals surface area contributed by atoms with Crippen molar-refractivity contribution in [1.29, 1.82) is 0 Å². The van der Waals surface area contributed by atoms with E-state index in [1.807, 2.05) is 45.0 Å². The van der Waals surface area contributed by atoms with Crippen LogP contribution in [0.3, 0.4) is 0 Å². The van der Waals surface area contributed by atoms with Crippen LogP contribution in [0.2, 0.25) is 0 Å². The number of amides is 2. The zero-order chi connectivity index (χ0) is 16.0. The van der Waals surface area contributed by atoms with Crippen LogP contribution >= 0.6 is 0 Å². The van der Waals surface area contributed by atoms with E-state index >= 15 is 0 Å². The topological polar surface area (TPSA) is 75.4 Å². The van der Waals surface area contributed by atoms with Gasteiger partial charge in [0, 0.05) is 12.7 Å². The highest BCUT2D eigenvalue weighted by Crippen LogP contribution is 2.09. The molecule has 5 heteroatoms. The standard InChI is InChI=1S/C16H25N3O2/c1-11(2)9-14(17)16(21)19(4)10-15(20)18-13-7-5-12(3)6-8-13/h5-8,11,14H,9-10,17H2,1-4H3,(H,18,20)/t14-/m0/s1. The molecule has 0 radical (unpaired) electrons. The fraction of sp³-hybridized carbons (Fsp3) is 0.500. The highest BCUT2D eigenvalue weighted by Gasteiger charge is 2.20. The predicted molar refractivity (Wildman–Crippen MR) is 84.9 cm³/mol. The molecule has 0 saturated heterocycles. The van der Waals surface area contributed by atoms with Gasteiger partial charge in [0.1, 0.15) is 0 Å². The fourth-order valence-electron chi connectivity index (χ4n) is 2.02. The van der Waals surface area contributed by atoms with Gasteiger partial charge < -0.3 is 16.0 Å². The van der Waals surface area contributed by atoms with Gasteiger partial charge in [-0.25, -0.2) is 0 Å². The predicted octanol–water partition coefficient (Wildman–Crippen LogP) is 1.77. The molecule has 0 aliphatic heterocycles. The van der Waals surface area contributed by atoms with Crippen LogP contribution in [0.25, 0.3) is 0 Å². The van der Waals surface area contributed by atoms with Crippen LogP contribution < -0.4 is 11.1 Å². The van der Waals surface area contributed by atoms with Gasteiger partial charge in [-0.2, -0.15) is 0 Å². The summed E-state index contributed by atoms with van der Waals surface area (Å²) in [5.41, 5.74) is 7.69. The van der Waals surface area contributed by atoms with E-state index < -0.39 is 6.04 Å². The highest BCUT2D eigenvalue weighted by atomic mass is 16.2. The second-order valence-electron chi connectivity index (χ2n) is 5.84. The van der Waals surface area contributed by atoms with Gasteiger partial charge in [-0.15, -0.1) is 0 Å². The number of nitrogens with one attached hydrogen (secondary N) is 1. The normalized spacial score (nSPS) is 12.1. The van der Waals surface area contributed by atoms with E-state index in [0.717, 1.165) is 11.3 Å².